The van der Waals surface area contributed by atoms with Crippen LogP contribution in [-0.2, 0) is 32.3 Å². The fourth-order valence-electron chi connectivity index (χ4n) is 10.7. The summed E-state index contributed by atoms with van der Waals surface area (Å²) in [5.41, 5.74) is 11.6. The summed E-state index contributed by atoms with van der Waals surface area (Å²) in [6.07, 6.45) is 3.53. The first kappa shape index (κ1) is 47.0. The molecule has 2 atom stereocenters. The van der Waals surface area contributed by atoms with Crippen molar-refractivity contribution in [3.8, 4) is 22.8 Å². The number of nitrogens with one attached hydrogen (secondary N) is 4. The Balaban J connectivity index is 0.645. The predicted octanol–water partition coefficient (Wildman–Crippen LogP) is 4.74. The van der Waals surface area contributed by atoms with E-state index in [0.717, 1.165) is 80.1 Å². The standard InChI is InChI=1S/C53H59N11O7/c54-50(68)48-49(36-11-15-39(16-12-36)71-38-5-2-1-3-6-38)59-64-43(19-23-55-51(48)64)35-20-25-62(26-21-35)47(67)22-24-60-27-29-61(30-28-60)37-13-9-34(10-14-37)31-57-46(66)32-56-42-8-4-7-40-41(42)33-63(53(40)70)44-17-18-45(65)58-52(44)69/h1-16,35,43-44,55-56H,17-33H2,(H2,54,68)(H,57,66)(H,58,65,69)/t43-,44?/m0/s1. The lowest BCUT2D eigenvalue weighted by Crippen LogP contribution is -2.52. The first-order valence-corrected chi connectivity index (χ1v) is 24.7. The molecule has 3 fully saturated rings. The van der Waals surface area contributed by atoms with Crippen LogP contribution in [0, 0.1) is 5.92 Å². The third kappa shape index (κ3) is 10.3. The normalized spacial score (nSPS) is 19.4. The van der Waals surface area contributed by atoms with E-state index >= 15 is 0 Å². The van der Waals surface area contributed by atoms with Crippen molar-refractivity contribution >= 4 is 52.6 Å². The molecule has 18 heteroatoms. The molecule has 6 amide bonds. The molecule has 3 saturated heterocycles. The Hall–Kier alpha value is -7.73. The lowest BCUT2D eigenvalue weighted by Gasteiger charge is -2.39. The molecule has 5 aromatic rings. The lowest BCUT2D eigenvalue weighted by molar-refractivity contribution is -0.137. The van der Waals surface area contributed by atoms with Gasteiger partial charge in [0.05, 0.1) is 12.6 Å². The average Bonchev–Trinajstić information content (AvgIpc) is 3.96. The molecule has 1 aromatic heterocycles. The van der Waals surface area contributed by atoms with Gasteiger partial charge in [0.2, 0.25) is 23.6 Å². The molecular formula is C53H59N11O7. The van der Waals surface area contributed by atoms with Gasteiger partial charge in [-0.25, -0.2) is 4.68 Å². The van der Waals surface area contributed by atoms with E-state index in [9.17, 15) is 28.8 Å². The zero-order valence-corrected chi connectivity index (χ0v) is 39.6. The lowest BCUT2D eigenvalue weighted by atomic mass is 9.86. The van der Waals surface area contributed by atoms with Crippen molar-refractivity contribution in [2.75, 3.05) is 74.4 Å². The van der Waals surface area contributed by atoms with E-state index in [1.54, 1.807) is 12.1 Å². The van der Waals surface area contributed by atoms with Gasteiger partial charge in [-0.15, -0.1) is 0 Å². The minimum absolute atomic E-state index is 0.00846. The molecular weight excluding hydrogens is 903 g/mol. The van der Waals surface area contributed by atoms with Gasteiger partial charge in [-0.3, -0.25) is 39.0 Å². The van der Waals surface area contributed by atoms with Crippen LogP contribution in [0.3, 0.4) is 0 Å². The molecule has 0 radical (unpaired) electrons. The van der Waals surface area contributed by atoms with Crippen LogP contribution < -0.4 is 36.6 Å². The van der Waals surface area contributed by atoms with Gasteiger partial charge in [-0.1, -0.05) is 36.4 Å². The van der Waals surface area contributed by atoms with Gasteiger partial charge in [0.15, 0.2) is 0 Å². The van der Waals surface area contributed by atoms with Crippen molar-refractivity contribution < 1.29 is 33.5 Å². The number of anilines is 3. The van der Waals surface area contributed by atoms with E-state index in [0.29, 0.717) is 72.6 Å². The van der Waals surface area contributed by atoms with E-state index in [2.05, 4.69) is 43.2 Å². The van der Waals surface area contributed by atoms with Gasteiger partial charge < -0.3 is 41.1 Å². The maximum absolute atomic E-state index is 13.5. The molecule has 368 valence electrons. The first-order valence-electron chi connectivity index (χ1n) is 24.7. The Kier molecular flexibility index (Phi) is 13.7. The second kappa shape index (κ2) is 20.7. The van der Waals surface area contributed by atoms with Crippen LogP contribution in [0.15, 0.2) is 97.1 Å². The third-order valence-electron chi connectivity index (χ3n) is 14.6. The number of fused-ring (bicyclic) bond motifs is 2. The molecule has 5 aliphatic rings. The van der Waals surface area contributed by atoms with E-state index in [1.165, 1.54) is 4.90 Å². The molecule has 71 heavy (non-hydrogen) atoms. The van der Waals surface area contributed by atoms with Gasteiger partial charge in [0.25, 0.3) is 11.8 Å². The summed E-state index contributed by atoms with van der Waals surface area (Å²) in [6.45, 7) is 6.81. The van der Waals surface area contributed by atoms with Crippen molar-refractivity contribution in [3.05, 3.63) is 119 Å². The Morgan fingerprint density at radius 1 is 0.803 bits per heavy atom. The van der Waals surface area contributed by atoms with Crippen molar-refractivity contribution in [2.45, 2.75) is 63.7 Å². The number of hydrogen-bond acceptors (Lipinski definition) is 12. The fourth-order valence-corrected chi connectivity index (χ4v) is 10.7. The van der Waals surface area contributed by atoms with Crippen LogP contribution in [0.2, 0.25) is 0 Å². The SMILES string of the molecule is NC(=O)c1c(-c2ccc(Oc3ccccc3)cc2)nn2c1NCC[C@H]2C1CCN(C(=O)CCN2CCN(c3ccc(CNC(=O)CNc4cccc5c4CN(C4CCC(=O)NC4=O)C5=O)cc3)CC2)CC1. The summed E-state index contributed by atoms with van der Waals surface area (Å²) < 4.78 is 7.95. The summed E-state index contributed by atoms with van der Waals surface area (Å²) >= 11 is 0. The van der Waals surface area contributed by atoms with Crippen molar-refractivity contribution in [1.29, 1.82) is 0 Å². The molecule has 0 aliphatic carbocycles. The number of rotatable bonds is 15. The van der Waals surface area contributed by atoms with Crippen molar-refractivity contribution in [3.63, 3.8) is 0 Å². The molecule has 10 rings (SSSR count). The summed E-state index contributed by atoms with van der Waals surface area (Å²) in [5.74, 6) is 0.780. The zero-order chi connectivity index (χ0) is 49.0. The molecule has 1 unspecified atom stereocenters. The number of aromatic nitrogens is 2. The van der Waals surface area contributed by atoms with Crippen LogP contribution in [0.5, 0.6) is 11.5 Å². The first-order chi connectivity index (χ1) is 34.6. The van der Waals surface area contributed by atoms with Crippen LogP contribution in [0.25, 0.3) is 11.3 Å². The Morgan fingerprint density at radius 3 is 2.28 bits per heavy atom. The van der Waals surface area contributed by atoms with Gasteiger partial charge in [-0.2, -0.15) is 5.10 Å². The molecule has 4 aromatic carbocycles. The highest BCUT2D eigenvalue weighted by molar-refractivity contribution is 6.06. The third-order valence-corrected chi connectivity index (χ3v) is 14.6. The number of ether oxygens (including phenoxy) is 1. The number of carbonyl (C=O) groups excluding carboxylic acids is 6. The number of nitrogens with two attached hydrogens (primary N) is 1. The highest BCUT2D eigenvalue weighted by atomic mass is 16.5. The van der Waals surface area contributed by atoms with Gasteiger partial charge in [0, 0.05) is 106 Å². The number of para-hydroxylation sites is 1. The highest BCUT2D eigenvalue weighted by Gasteiger charge is 2.40. The van der Waals surface area contributed by atoms with Crippen molar-refractivity contribution in [2.24, 2.45) is 11.7 Å². The summed E-state index contributed by atoms with van der Waals surface area (Å²) in [4.78, 5) is 84.8. The molecule has 6 N–H and O–H groups in total. The number of likely N-dealkylation sites (tertiary alicyclic amines) is 1. The van der Waals surface area contributed by atoms with E-state index in [4.69, 9.17) is 15.6 Å². The number of benzene rings is 4. The largest absolute Gasteiger partial charge is 0.457 e. The van der Waals surface area contributed by atoms with Gasteiger partial charge in [0.1, 0.15) is 34.6 Å². The Bertz CT molecular complexity index is 2800. The predicted molar refractivity (Wildman–Crippen MR) is 267 cm³/mol. The number of hydrogen-bond donors (Lipinski definition) is 5. The summed E-state index contributed by atoms with van der Waals surface area (Å²) in [5, 5.41) is 16.9. The molecule has 0 bridgehead atoms. The minimum atomic E-state index is -0.707. The second-order valence-corrected chi connectivity index (χ2v) is 18.9. The van der Waals surface area contributed by atoms with Gasteiger partial charge >= 0.3 is 0 Å². The monoisotopic (exact) mass is 961 g/mol. The topological polar surface area (TPSA) is 217 Å². The molecule has 6 heterocycles. The molecule has 0 spiro atoms. The molecule has 18 nitrogen and oxygen atoms in total. The van der Waals surface area contributed by atoms with E-state index < -0.39 is 17.9 Å². The van der Waals surface area contributed by atoms with E-state index in [1.807, 2.05) is 82.4 Å². The fraction of sp³-hybridized carbons (Fsp3) is 0.377. The quantitative estimate of drug-likeness (QED) is 0.0901. The van der Waals surface area contributed by atoms with Gasteiger partial charge in [-0.05, 0) is 97.8 Å². The average molecular weight is 962 g/mol. The summed E-state index contributed by atoms with van der Waals surface area (Å²) in [7, 11) is 0. The molecule has 0 saturated carbocycles. The summed E-state index contributed by atoms with van der Waals surface area (Å²) in [6, 6.07) is 30.0. The van der Waals surface area contributed by atoms with Crippen molar-refractivity contribution in [1.82, 2.24) is 35.1 Å². The number of imide groups is 1. The Morgan fingerprint density at radius 2 is 1.55 bits per heavy atom. The number of primary amides is 1. The second-order valence-electron chi connectivity index (χ2n) is 18.9. The molecule has 5 aliphatic heterocycles. The number of amides is 6. The number of nitrogens with zero attached hydrogens (tertiary/aromatic N) is 6. The van der Waals surface area contributed by atoms with E-state index in [-0.39, 0.29) is 55.6 Å². The van der Waals surface area contributed by atoms with Crippen LogP contribution in [0.1, 0.15) is 76.4 Å². The smallest absolute Gasteiger partial charge is 0.255 e. The Labute approximate surface area is 411 Å². The number of piperidine rings is 2. The highest BCUT2D eigenvalue weighted by Crippen LogP contribution is 2.40. The van der Waals surface area contributed by atoms with Crippen LogP contribution in [-0.4, -0.2) is 125 Å². The van der Waals surface area contributed by atoms with Crippen LogP contribution in [0.4, 0.5) is 17.2 Å². The maximum Gasteiger partial charge on any atom is 0.255 e. The zero-order valence-electron chi connectivity index (χ0n) is 39.6. The number of carbonyl (C=O) groups is 6. The number of piperazine rings is 1. The maximum atomic E-state index is 13.5. The minimum Gasteiger partial charge on any atom is -0.457 e. The van der Waals surface area contributed by atoms with Crippen LogP contribution >= 0.6 is 0 Å².